The van der Waals surface area contributed by atoms with E-state index in [1.807, 2.05) is 18.3 Å². The van der Waals surface area contributed by atoms with Crippen molar-refractivity contribution in [3.63, 3.8) is 0 Å². The van der Waals surface area contributed by atoms with Gasteiger partial charge < -0.3 is 10.1 Å². The minimum Gasteiger partial charge on any atom is -0.378 e. The molecular formula is C12H16N4O. The maximum absolute atomic E-state index is 5.53. The smallest absolute Gasteiger partial charge is 0.157 e. The van der Waals surface area contributed by atoms with Gasteiger partial charge in [-0.3, -0.25) is 0 Å². The van der Waals surface area contributed by atoms with Crippen LogP contribution in [0.15, 0.2) is 24.5 Å². The lowest BCUT2D eigenvalue weighted by molar-refractivity contribution is 0.0232. The summed E-state index contributed by atoms with van der Waals surface area (Å²) in [5.41, 5.74) is 0.870. The lowest BCUT2D eigenvalue weighted by atomic mass is 10.0. The van der Waals surface area contributed by atoms with E-state index in [1.165, 1.54) is 0 Å². The van der Waals surface area contributed by atoms with E-state index in [-0.39, 0.29) is 0 Å². The van der Waals surface area contributed by atoms with Crippen LogP contribution < -0.4 is 5.32 Å². The molecule has 5 heteroatoms. The molecule has 90 valence electrons. The van der Waals surface area contributed by atoms with Crippen molar-refractivity contribution < 1.29 is 4.74 Å². The Labute approximate surface area is 99.8 Å². The first kappa shape index (κ1) is 10.5. The van der Waals surface area contributed by atoms with Crippen LogP contribution in [-0.2, 0) is 4.74 Å². The van der Waals surface area contributed by atoms with Gasteiger partial charge in [0.15, 0.2) is 5.65 Å². The number of nitrogens with one attached hydrogen (secondary N) is 1. The summed E-state index contributed by atoms with van der Waals surface area (Å²) in [6.45, 7) is 2.94. The van der Waals surface area contributed by atoms with Gasteiger partial charge in [0.05, 0.1) is 12.3 Å². The number of nitrogens with zero attached hydrogens (tertiary/aromatic N) is 3. The van der Waals surface area contributed by atoms with E-state index >= 15 is 0 Å². The van der Waals surface area contributed by atoms with Crippen LogP contribution in [0.25, 0.3) is 5.65 Å². The zero-order chi connectivity index (χ0) is 11.7. The van der Waals surface area contributed by atoms with E-state index < -0.39 is 0 Å². The lowest BCUT2D eigenvalue weighted by Gasteiger charge is -2.28. The van der Waals surface area contributed by atoms with Crippen molar-refractivity contribution in [2.45, 2.75) is 31.9 Å². The highest BCUT2D eigenvalue weighted by molar-refractivity contribution is 5.45. The zero-order valence-electron chi connectivity index (χ0n) is 9.84. The van der Waals surface area contributed by atoms with Crippen molar-refractivity contribution in [2.75, 3.05) is 11.9 Å². The molecule has 1 aliphatic rings. The third-order valence-corrected chi connectivity index (χ3v) is 3.10. The number of hydrogen-bond acceptors (Lipinski definition) is 4. The quantitative estimate of drug-likeness (QED) is 0.856. The van der Waals surface area contributed by atoms with Crippen molar-refractivity contribution in [3.05, 3.63) is 24.5 Å². The fraction of sp³-hybridized carbons (Fsp3) is 0.500. The Kier molecular flexibility index (Phi) is 2.68. The number of hydrogen-bond donors (Lipinski definition) is 1. The molecule has 0 aromatic carbocycles. The second kappa shape index (κ2) is 4.33. The molecule has 0 saturated carbocycles. The van der Waals surface area contributed by atoms with Gasteiger partial charge in [-0.05, 0) is 25.8 Å². The first-order valence-electron chi connectivity index (χ1n) is 6.00. The van der Waals surface area contributed by atoms with Gasteiger partial charge in [-0.1, -0.05) is 0 Å². The van der Waals surface area contributed by atoms with Crippen molar-refractivity contribution in [1.82, 2.24) is 14.6 Å². The van der Waals surface area contributed by atoms with E-state index in [0.717, 1.165) is 30.9 Å². The van der Waals surface area contributed by atoms with Crippen LogP contribution in [0.3, 0.4) is 0 Å². The predicted molar refractivity (Wildman–Crippen MR) is 65.0 cm³/mol. The molecule has 0 spiro atoms. The lowest BCUT2D eigenvalue weighted by Crippen LogP contribution is -2.32. The standard InChI is InChI=1S/C12H16N4O/c1-9-8-10(4-7-17-9)14-11-3-6-16-12(15-11)2-5-13-16/h2-3,5-6,9-10H,4,7-8H2,1H3,(H,14,15). The maximum Gasteiger partial charge on any atom is 0.157 e. The van der Waals surface area contributed by atoms with Crippen LogP contribution in [0.4, 0.5) is 5.82 Å². The number of ether oxygens (including phenoxy) is 1. The van der Waals surface area contributed by atoms with Crippen molar-refractivity contribution in [3.8, 4) is 0 Å². The molecule has 2 unspecified atom stereocenters. The molecule has 1 N–H and O–H groups in total. The fourth-order valence-corrected chi connectivity index (χ4v) is 2.23. The maximum atomic E-state index is 5.53. The second-order valence-electron chi connectivity index (χ2n) is 4.49. The number of rotatable bonds is 2. The topological polar surface area (TPSA) is 51.5 Å². The number of anilines is 1. The summed E-state index contributed by atoms with van der Waals surface area (Å²) in [6.07, 6.45) is 6.08. The third kappa shape index (κ3) is 2.24. The molecule has 2 atom stereocenters. The monoisotopic (exact) mass is 232 g/mol. The van der Waals surface area contributed by atoms with E-state index in [0.29, 0.717) is 12.1 Å². The van der Waals surface area contributed by atoms with Crippen LogP contribution >= 0.6 is 0 Å². The number of aromatic nitrogens is 3. The molecule has 3 rings (SSSR count). The Morgan fingerprint density at radius 3 is 3.29 bits per heavy atom. The largest absolute Gasteiger partial charge is 0.378 e. The summed E-state index contributed by atoms with van der Waals surface area (Å²) in [4.78, 5) is 4.50. The van der Waals surface area contributed by atoms with Gasteiger partial charge in [-0.2, -0.15) is 5.10 Å². The molecule has 1 saturated heterocycles. The van der Waals surface area contributed by atoms with E-state index in [4.69, 9.17) is 4.74 Å². The SMILES string of the molecule is CC1CC(Nc2ccn3nccc3n2)CCO1. The molecule has 2 aromatic heterocycles. The summed E-state index contributed by atoms with van der Waals surface area (Å²) >= 11 is 0. The fourth-order valence-electron chi connectivity index (χ4n) is 2.23. The predicted octanol–water partition coefficient (Wildman–Crippen LogP) is 1.71. The van der Waals surface area contributed by atoms with Gasteiger partial charge in [0.1, 0.15) is 5.82 Å². The van der Waals surface area contributed by atoms with Gasteiger partial charge in [0, 0.05) is 24.9 Å². The Morgan fingerprint density at radius 1 is 1.47 bits per heavy atom. The summed E-state index contributed by atoms with van der Waals surface area (Å²) in [5.74, 6) is 0.914. The third-order valence-electron chi connectivity index (χ3n) is 3.10. The molecule has 1 fully saturated rings. The summed E-state index contributed by atoms with van der Waals surface area (Å²) in [5, 5.41) is 7.59. The minimum absolute atomic E-state index is 0.333. The molecule has 2 aromatic rings. The molecule has 0 radical (unpaired) electrons. The molecule has 17 heavy (non-hydrogen) atoms. The highest BCUT2D eigenvalue weighted by atomic mass is 16.5. The Morgan fingerprint density at radius 2 is 2.41 bits per heavy atom. The highest BCUT2D eigenvalue weighted by Crippen LogP contribution is 2.17. The Bertz CT molecular complexity index is 510. The molecule has 5 nitrogen and oxygen atoms in total. The Hall–Kier alpha value is -1.62. The van der Waals surface area contributed by atoms with Crippen molar-refractivity contribution in [1.29, 1.82) is 0 Å². The van der Waals surface area contributed by atoms with Crippen molar-refractivity contribution in [2.24, 2.45) is 0 Å². The van der Waals surface area contributed by atoms with Crippen LogP contribution in [0.5, 0.6) is 0 Å². The molecule has 0 aliphatic carbocycles. The summed E-state index contributed by atoms with van der Waals surface area (Å²) in [6, 6.07) is 4.31. The van der Waals surface area contributed by atoms with Crippen LogP contribution in [-0.4, -0.2) is 33.4 Å². The first-order chi connectivity index (χ1) is 8.31. The van der Waals surface area contributed by atoms with E-state index in [1.54, 1.807) is 10.7 Å². The first-order valence-corrected chi connectivity index (χ1v) is 6.00. The molecule has 0 amide bonds. The van der Waals surface area contributed by atoms with Gasteiger partial charge in [0.25, 0.3) is 0 Å². The normalized spacial score (nSPS) is 25.0. The van der Waals surface area contributed by atoms with Gasteiger partial charge in [-0.25, -0.2) is 9.50 Å². The van der Waals surface area contributed by atoms with Crippen LogP contribution in [0.2, 0.25) is 0 Å². The average molecular weight is 232 g/mol. The van der Waals surface area contributed by atoms with Gasteiger partial charge >= 0.3 is 0 Å². The van der Waals surface area contributed by atoms with Crippen molar-refractivity contribution >= 4 is 11.5 Å². The number of fused-ring (bicyclic) bond motifs is 1. The van der Waals surface area contributed by atoms with E-state index in [9.17, 15) is 0 Å². The minimum atomic E-state index is 0.333. The van der Waals surface area contributed by atoms with Crippen LogP contribution in [0.1, 0.15) is 19.8 Å². The molecule has 3 heterocycles. The molecule has 0 bridgehead atoms. The second-order valence-corrected chi connectivity index (χ2v) is 4.49. The Balaban J connectivity index is 1.75. The van der Waals surface area contributed by atoms with E-state index in [2.05, 4.69) is 22.3 Å². The molecular weight excluding hydrogens is 216 g/mol. The molecule has 1 aliphatic heterocycles. The van der Waals surface area contributed by atoms with Crippen LogP contribution in [0, 0.1) is 0 Å². The van der Waals surface area contributed by atoms with Gasteiger partial charge in [0.2, 0.25) is 0 Å². The average Bonchev–Trinajstić information content (AvgIpc) is 2.76. The summed E-state index contributed by atoms with van der Waals surface area (Å²) < 4.78 is 7.29. The van der Waals surface area contributed by atoms with Gasteiger partial charge in [-0.15, -0.1) is 0 Å². The highest BCUT2D eigenvalue weighted by Gasteiger charge is 2.19. The zero-order valence-corrected chi connectivity index (χ0v) is 9.84. The summed E-state index contributed by atoms with van der Waals surface area (Å²) in [7, 11) is 0.